The Balaban J connectivity index is 1.16. The van der Waals surface area contributed by atoms with Gasteiger partial charge in [0.05, 0.1) is 31.4 Å². The van der Waals surface area contributed by atoms with Crippen molar-refractivity contribution in [2.45, 2.75) is 36.1 Å². The zero-order valence-corrected chi connectivity index (χ0v) is 18.0. The number of thioether (sulfide) groups is 1. The molecule has 0 radical (unpaired) electrons. The molecule has 0 N–H and O–H groups in total. The van der Waals surface area contributed by atoms with E-state index in [1.807, 2.05) is 15.6 Å². The van der Waals surface area contributed by atoms with Crippen molar-refractivity contribution in [2.24, 2.45) is 11.8 Å². The Morgan fingerprint density at radius 1 is 1.17 bits per heavy atom. The monoisotopic (exact) mass is 427 g/mol. The lowest BCUT2D eigenvalue weighted by Gasteiger charge is -2.50. The van der Waals surface area contributed by atoms with Crippen LogP contribution in [0.1, 0.15) is 18.5 Å². The van der Waals surface area contributed by atoms with Crippen molar-refractivity contribution in [1.82, 2.24) is 24.8 Å². The zero-order chi connectivity index (χ0) is 20.3. The lowest BCUT2D eigenvalue weighted by molar-refractivity contribution is -0.148. The van der Waals surface area contributed by atoms with Gasteiger partial charge in [0.25, 0.3) is 0 Å². The normalized spacial score (nSPS) is 28.6. The number of piperidine rings is 3. The van der Waals surface area contributed by atoms with Crippen molar-refractivity contribution in [2.75, 3.05) is 39.4 Å². The number of morpholine rings is 1. The molecule has 4 fully saturated rings. The van der Waals surface area contributed by atoms with E-state index in [1.165, 1.54) is 4.90 Å². The van der Waals surface area contributed by atoms with E-state index in [0.717, 1.165) is 57.0 Å². The summed E-state index contributed by atoms with van der Waals surface area (Å²) in [7, 11) is 0. The highest BCUT2D eigenvalue weighted by Gasteiger charge is 2.44. The van der Waals surface area contributed by atoms with Gasteiger partial charge in [-0.25, -0.2) is 0 Å². The van der Waals surface area contributed by atoms with E-state index in [-0.39, 0.29) is 5.92 Å². The zero-order valence-electron chi connectivity index (χ0n) is 17.2. The van der Waals surface area contributed by atoms with Gasteiger partial charge in [-0.15, -0.1) is 16.9 Å². The smallest absolute Gasteiger partial charge is 0.227 e. The van der Waals surface area contributed by atoms with E-state index in [9.17, 15) is 4.79 Å². The number of hydrogen-bond acceptors (Lipinski definition) is 6. The molecule has 4 atom stereocenters. The largest absolute Gasteiger partial charge is 0.378 e. The lowest BCUT2D eigenvalue weighted by Crippen LogP contribution is -2.59. The molecule has 1 aromatic heterocycles. The topological polar surface area (TPSA) is 63.5 Å². The van der Waals surface area contributed by atoms with Crippen molar-refractivity contribution in [3.63, 3.8) is 0 Å². The molecule has 1 amide bonds. The maximum absolute atomic E-state index is 13.0. The predicted octanol–water partition coefficient (Wildman–Crippen LogP) is 2.14. The van der Waals surface area contributed by atoms with Crippen LogP contribution < -0.4 is 0 Å². The molecule has 8 heteroatoms. The van der Waals surface area contributed by atoms with Crippen LogP contribution in [0, 0.1) is 11.8 Å². The van der Waals surface area contributed by atoms with Gasteiger partial charge in [0.15, 0.2) is 0 Å². The Kier molecular flexibility index (Phi) is 6.06. The number of carbonyl (C=O) groups is 1. The van der Waals surface area contributed by atoms with E-state index < -0.39 is 0 Å². The molecule has 0 saturated carbocycles. The minimum absolute atomic E-state index is 0.154. The van der Waals surface area contributed by atoms with E-state index in [2.05, 4.69) is 45.7 Å². The van der Waals surface area contributed by atoms with Gasteiger partial charge in [0.1, 0.15) is 0 Å². The summed E-state index contributed by atoms with van der Waals surface area (Å²) in [5.74, 6) is 1.82. The molecule has 4 aliphatic rings. The van der Waals surface area contributed by atoms with Crippen molar-refractivity contribution < 1.29 is 9.53 Å². The first-order valence-corrected chi connectivity index (χ1v) is 11.9. The van der Waals surface area contributed by atoms with Gasteiger partial charge in [-0.05, 0) is 37.4 Å². The first-order chi connectivity index (χ1) is 14.8. The number of amides is 1. The summed E-state index contributed by atoms with van der Waals surface area (Å²) in [6.45, 7) is 5.67. The molecule has 0 spiro atoms. The van der Waals surface area contributed by atoms with Gasteiger partial charge >= 0.3 is 0 Å². The molecule has 30 heavy (non-hydrogen) atoms. The number of nitrogens with zero attached hydrogens (tertiary/aromatic N) is 5. The second kappa shape index (κ2) is 9.08. The van der Waals surface area contributed by atoms with E-state index in [0.29, 0.717) is 31.1 Å². The van der Waals surface area contributed by atoms with Gasteiger partial charge in [-0.2, -0.15) is 0 Å². The third-order valence-electron chi connectivity index (χ3n) is 6.63. The summed E-state index contributed by atoms with van der Waals surface area (Å²) in [6.07, 6.45) is 4.29. The fourth-order valence-electron chi connectivity index (χ4n) is 5.01. The Labute approximate surface area is 181 Å². The highest BCUT2D eigenvalue weighted by atomic mass is 32.2. The van der Waals surface area contributed by atoms with Crippen molar-refractivity contribution in [3.8, 4) is 0 Å². The van der Waals surface area contributed by atoms with Gasteiger partial charge < -0.3 is 9.64 Å². The van der Waals surface area contributed by atoms with Crippen LogP contribution in [0.4, 0.5) is 0 Å². The number of aromatic nitrogens is 3. The average Bonchev–Trinajstić information content (AvgIpc) is 3.26. The Bertz CT molecular complexity index is 854. The molecule has 4 aliphatic heterocycles. The Hall–Kier alpha value is -1.90. The summed E-state index contributed by atoms with van der Waals surface area (Å²) in [4.78, 5) is 18.8. The second-order valence-electron chi connectivity index (χ2n) is 8.51. The van der Waals surface area contributed by atoms with Crippen LogP contribution in [0.15, 0.2) is 41.4 Å². The molecule has 2 unspecified atom stereocenters. The highest BCUT2D eigenvalue weighted by molar-refractivity contribution is 7.98. The summed E-state index contributed by atoms with van der Waals surface area (Å²) in [6, 6.07) is 10.8. The minimum atomic E-state index is 0.154. The van der Waals surface area contributed by atoms with E-state index >= 15 is 0 Å². The van der Waals surface area contributed by atoms with Gasteiger partial charge in [-0.1, -0.05) is 23.4 Å². The van der Waals surface area contributed by atoms with Crippen LogP contribution in [0.25, 0.3) is 0 Å². The number of fused-ring (bicyclic) bond motifs is 3. The maximum atomic E-state index is 13.0. The van der Waals surface area contributed by atoms with Crippen LogP contribution in [0.2, 0.25) is 0 Å². The number of carbonyl (C=O) groups excluding carboxylic acids is 1. The molecule has 160 valence electrons. The first-order valence-electron chi connectivity index (χ1n) is 10.9. The Morgan fingerprint density at radius 2 is 2.00 bits per heavy atom. The SMILES string of the molecule is O=C([C@H]1CN2CCC1C[C@@H]2Cn1cc(CSc2ccccc2)nn1)N1CCOCC1. The maximum Gasteiger partial charge on any atom is 0.227 e. The van der Waals surface area contributed by atoms with Crippen LogP contribution in [-0.2, 0) is 21.8 Å². The minimum Gasteiger partial charge on any atom is -0.378 e. The third kappa shape index (κ3) is 4.40. The third-order valence-corrected chi connectivity index (χ3v) is 7.68. The summed E-state index contributed by atoms with van der Waals surface area (Å²) in [5.41, 5.74) is 1.01. The molecule has 0 aliphatic carbocycles. The molecular formula is C22H29N5O2S. The van der Waals surface area contributed by atoms with Crippen molar-refractivity contribution in [1.29, 1.82) is 0 Å². The standard InChI is InChI=1S/C22H29N5O2S/c28-22(25-8-10-29-11-9-25)21-15-26-7-6-17(21)12-19(26)14-27-13-18(23-24-27)16-30-20-4-2-1-3-5-20/h1-5,13,17,19,21H,6-12,14-16H2/t17?,19-,21+/m1/s1. The fraction of sp³-hybridized carbons (Fsp3) is 0.591. The summed E-state index contributed by atoms with van der Waals surface area (Å²) >= 11 is 1.78. The fourth-order valence-corrected chi connectivity index (χ4v) is 5.81. The molecule has 4 saturated heterocycles. The number of ether oxygens (including phenoxy) is 1. The summed E-state index contributed by atoms with van der Waals surface area (Å²) in [5, 5.41) is 8.74. The molecular weight excluding hydrogens is 398 g/mol. The Morgan fingerprint density at radius 3 is 2.77 bits per heavy atom. The predicted molar refractivity (Wildman–Crippen MR) is 115 cm³/mol. The van der Waals surface area contributed by atoms with Gasteiger partial charge in [0, 0.05) is 42.5 Å². The molecule has 1 aromatic carbocycles. The van der Waals surface area contributed by atoms with Crippen LogP contribution in [0.5, 0.6) is 0 Å². The van der Waals surface area contributed by atoms with Crippen LogP contribution in [-0.4, -0.2) is 76.1 Å². The number of rotatable bonds is 6. The quantitative estimate of drug-likeness (QED) is 0.659. The highest BCUT2D eigenvalue weighted by Crippen LogP contribution is 2.37. The van der Waals surface area contributed by atoms with Crippen LogP contribution >= 0.6 is 11.8 Å². The van der Waals surface area contributed by atoms with Gasteiger partial charge in [0.2, 0.25) is 5.91 Å². The average molecular weight is 428 g/mol. The van der Waals surface area contributed by atoms with Crippen LogP contribution in [0.3, 0.4) is 0 Å². The molecule has 2 bridgehead atoms. The molecule has 2 aromatic rings. The number of benzene rings is 1. The van der Waals surface area contributed by atoms with Crippen molar-refractivity contribution in [3.05, 3.63) is 42.2 Å². The molecule has 5 heterocycles. The molecule has 6 rings (SSSR count). The van der Waals surface area contributed by atoms with E-state index in [4.69, 9.17) is 4.74 Å². The first kappa shape index (κ1) is 20.0. The summed E-state index contributed by atoms with van der Waals surface area (Å²) < 4.78 is 7.40. The number of hydrogen-bond donors (Lipinski definition) is 0. The van der Waals surface area contributed by atoms with Gasteiger partial charge in [-0.3, -0.25) is 14.4 Å². The lowest BCUT2D eigenvalue weighted by atomic mass is 9.75. The van der Waals surface area contributed by atoms with E-state index in [1.54, 1.807) is 11.8 Å². The second-order valence-corrected chi connectivity index (χ2v) is 9.56. The molecule has 7 nitrogen and oxygen atoms in total. The van der Waals surface area contributed by atoms with Crippen molar-refractivity contribution >= 4 is 17.7 Å².